The third-order valence-corrected chi connectivity index (χ3v) is 4.38. The van der Waals surface area contributed by atoms with E-state index in [1.54, 1.807) is 6.07 Å². The molecule has 3 rings (SSSR count). The van der Waals surface area contributed by atoms with E-state index in [0.29, 0.717) is 11.6 Å². The van der Waals surface area contributed by atoms with Crippen molar-refractivity contribution < 1.29 is 55.9 Å². The Morgan fingerprint density at radius 1 is 1.03 bits per heavy atom. The largest absolute Gasteiger partial charge is 1.00 e. The Morgan fingerprint density at radius 2 is 1.79 bits per heavy atom. The molecule has 0 radical (unpaired) electrons. The summed E-state index contributed by atoms with van der Waals surface area (Å²) in [7, 11) is 0. The van der Waals surface area contributed by atoms with Crippen LogP contribution in [0.2, 0.25) is 0 Å². The summed E-state index contributed by atoms with van der Waals surface area (Å²) >= 11 is -2.09. The predicted molar refractivity (Wildman–Crippen MR) is 101 cm³/mol. The predicted octanol–water partition coefficient (Wildman–Crippen LogP) is 2.97. The zero-order chi connectivity index (χ0) is 20.0. The van der Waals surface area contributed by atoms with Crippen LogP contribution in [0.3, 0.4) is 0 Å². The first-order valence-electron chi connectivity index (χ1n) is 8.36. The van der Waals surface area contributed by atoms with Crippen molar-refractivity contribution in [1.82, 2.24) is 4.98 Å². The van der Waals surface area contributed by atoms with E-state index in [2.05, 4.69) is 9.71 Å². The molecule has 2 aromatic carbocycles. The third kappa shape index (κ3) is 7.60. The molecule has 0 aliphatic carbocycles. The van der Waals surface area contributed by atoms with Crippen LogP contribution in [0.4, 0.5) is 18.9 Å². The Bertz CT molecular complexity index is 950. The SMILES string of the molecule is O=S([N-]c1ccc(Oc2cccc3ccccc23)nc1)OCCCC(F)(F)F.[Na+]. The Balaban J connectivity index is 0.00000300. The molecule has 0 spiro atoms. The number of pyridine rings is 1. The molecule has 0 aliphatic heterocycles. The van der Waals surface area contributed by atoms with Gasteiger partial charge in [0.25, 0.3) is 0 Å². The standard InChI is InChI=1S/C19H16F3N2O3S.Na/c20-19(21,22)11-4-12-26-28(25)24-15-9-10-18(23-13-15)27-17-8-3-6-14-5-1-2-7-16(14)17;/h1-3,5-10,13H,4,11-12H2;/q-1;+1. The second-order valence-electron chi connectivity index (χ2n) is 5.78. The molecule has 0 saturated heterocycles. The minimum absolute atomic E-state index is 0. The maximum absolute atomic E-state index is 12.0. The molecule has 3 aromatic rings. The molecule has 10 heteroatoms. The molecule has 0 aliphatic rings. The van der Waals surface area contributed by atoms with Gasteiger partial charge in [-0.25, -0.2) is 9.19 Å². The molecule has 1 aromatic heterocycles. The number of hydrogen-bond donors (Lipinski definition) is 0. The number of rotatable bonds is 8. The fourth-order valence-electron chi connectivity index (χ4n) is 2.40. The molecule has 0 fully saturated rings. The number of halogens is 3. The average molecular weight is 432 g/mol. The number of aromatic nitrogens is 1. The zero-order valence-corrected chi connectivity index (χ0v) is 18.4. The van der Waals surface area contributed by atoms with Gasteiger partial charge in [0, 0.05) is 18.0 Å². The van der Waals surface area contributed by atoms with Crippen molar-refractivity contribution in [3.8, 4) is 11.6 Å². The molecular weight excluding hydrogens is 416 g/mol. The monoisotopic (exact) mass is 432 g/mol. The minimum Gasteiger partial charge on any atom is -0.578 e. The van der Waals surface area contributed by atoms with E-state index in [4.69, 9.17) is 8.92 Å². The normalized spacial score (nSPS) is 12.2. The Labute approximate surface area is 190 Å². The van der Waals surface area contributed by atoms with E-state index in [9.17, 15) is 17.4 Å². The topological polar surface area (TPSA) is 62.5 Å². The molecule has 29 heavy (non-hydrogen) atoms. The van der Waals surface area contributed by atoms with Crippen molar-refractivity contribution in [2.45, 2.75) is 19.0 Å². The van der Waals surface area contributed by atoms with E-state index in [0.717, 1.165) is 10.8 Å². The average Bonchev–Trinajstić information content (AvgIpc) is 2.66. The van der Waals surface area contributed by atoms with E-state index in [1.807, 2.05) is 42.5 Å². The van der Waals surface area contributed by atoms with Gasteiger partial charge < -0.3 is 13.6 Å². The van der Waals surface area contributed by atoms with E-state index in [-0.39, 0.29) is 48.3 Å². The number of benzene rings is 2. The Hall–Kier alpha value is -1.65. The molecule has 1 unspecified atom stereocenters. The van der Waals surface area contributed by atoms with Gasteiger partial charge in [-0.05, 0) is 23.9 Å². The van der Waals surface area contributed by atoms with Gasteiger partial charge in [0.15, 0.2) is 0 Å². The van der Waals surface area contributed by atoms with Crippen molar-refractivity contribution in [3.05, 3.63) is 65.5 Å². The third-order valence-electron chi connectivity index (χ3n) is 3.65. The molecule has 5 nitrogen and oxygen atoms in total. The maximum atomic E-state index is 12.0. The molecule has 0 bridgehead atoms. The van der Waals surface area contributed by atoms with Crippen LogP contribution in [0.1, 0.15) is 12.8 Å². The second-order valence-corrected chi connectivity index (χ2v) is 6.64. The summed E-state index contributed by atoms with van der Waals surface area (Å²) in [6.07, 6.45) is -4.18. The van der Waals surface area contributed by atoms with Crippen molar-refractivity contribution in [1.29, 1.82) is 0 Å². The van der Waals surface area contributed by atoms with Crippen LogP contribution in [0.15, 0.2) is 60.8 Å². The van der Waals surface area contributed by atoms with Crippen LogP contribution >= 0.6 is 0 Å². The van der Waals surface area contributed by atoms with Gasteiger partial charge >= 0.3 is 35.7 Å². The van der Waals surface area contributed by atoms with Gasteiger partial charge in [-0.3, -0.25) is 0 Å². The summed E-state index contributed by atoms with van der Waals surface area (Å²) in [5.41, 5.74) is 0.263. The van der Waals surface area contributed by atoms with Crippen LogP contribution in [0.5, 0.6) is 11.6 Å². The Morgan fingerprint density at radius 3 is 2.52 bits per heavy atom. The van der Waals surface area contributed by atoms with Crippen molar-refractivity contribution in [2.75, 3.05) is 6.61 Å². The summed E-state index contributed by atoms with van der Waals surface area (Å²) in [6, 6.07) is 16.5. The zero-order valence-electron chi connectivity index (χ0n) is 15.6. The van der Waals surface area contributed by atoms with Gasteiger partial charge in [0.05, 0.1) is 17.9 Å². The van der Waals surface area contributed by atoms with Crippen molar-refractivity contribution in [3.63, 3.8) is 0 Å². The molecule has 1 atom stereocenters. The van der Waals surface area contributed by atoms with Gasteiger partial charge in [0.2, 0.25) is 5.88 Å². The quantitative estimate of drug-likeness (QED) is 0.406. The van der Waals surface area contributed by atoms with Crippen LogP contribution in [0.25, 0.3) is 15.5 Å². The van der Waals surface area contributed by atoms with Gasteiger partial charge in [-0.15, -0.1) is 5.69 Å². The molecule has 1 heterocycles. The number of nitrogens with zero attached hydrogens (tertiary/aromatic N) is 2. The summed E-state index contributed by atoms with van der Waals surface area (Å²) in [5, 5.41) is 1.97. The number of fused-ring (bicyclic) bond motifs is 1. The van der Waals surface area contributed by atoms with E-state index >= 15 is 0 Å². The number of hydrogen-bond acceptors (Lipinski definition) is 4. The van der Waals surface area contributed by atoms with Crippen LogP contribution in [-0.2, 0) is 15.4 Å². The summed E-state index contributed by atoms with van der Waals surface area (Å²) in [6.45, 7) is -0.300. The van der Waals surface area contributed by atoms with E-state index < -0.39 is 23.9 Å². The molecule has 148 valence electrons. The fraction of sp³-hybridized carbons (Fsp3) is 0.211. The molecular formula is C19H16F3N2NaO3S. The summed E-state index contributed by atoms with van der Waals surface area (Å²) in [5.74, 6) is 0.971. The van der Waals surface area contributed by atoms with Gasteiger partial charge in [-0.1, -0.05) is 42.5 Å². The Kier molecular flexibility index (Phi) is 8.91. The van der Waals surface area contributed by atoms with Crippen LogP contribution < -0.4 is 34.3 Å². The first-order chi connectivity index (χ1) is 13.4. The second kappa shape index (κ2) is 10.9. The van der Waals surface area contributed by atoms with Crippen molar-refractivity contribution >= 4 is 27.7 Å². The first-order valence-corrected chi connectivity index (χ1v) is 9.39. The van der Waals surface area contributed by atoms with Crippen LogP contribution in [0, 0.1) is 0 Å². The first kappa shape index (κ1) is 23.6. The minimum atomic E-state index is -4.26. The molecule has 0 amide bonds. The molecule has 0 saturated carbocycles. The van der Waals surface area contributed by atoms with Gasteiger partial charge in [0.1, 0.15) is 5.75 Å². The van der Waals surface area contributed by atoms with Crippen molar-refractivity contribution in [2.24, 2.45) is 0 Å². The summed E-state index contributed by atoms with van der Waals surface area (Å²) < 4.78 is 62.0. The molecule has 0 N–H and O–H groups in total. The summed E-state index contributed by atoms with van der Waals surface area (Å²) in [4.78, 5) is 4.11. The van der Waals surface area contributed by atoms with Gasteiger partial charge in [-0.2, -0.15) is 13.2 Å². The fourth-order valence-corrected chi connectivity index (χ4v) is 2.99. The maximum Gasteiger partial charge on any atom is 1.00 e. The smallest absolute Gasteiger partial charge is 0.578 e. The van der Waals surface area contributed by atoms with Crippen LogP contribution in [-0.4, -0.2) is 22.0 Å². The number of ether oxygens (including phenoxy) is 1. The number of alkyl halides is 3. The van der Waals surface area contributed by atoms with E-state index in [1.165, 1.54) is 12.3 Å².